The summed E-state index contributed by atoms with van der Waals surface area (Å²) in [6, 6.07) is 12.6. The number of aliphatic hydroxyl groups is 1. The van der Waals surface area contributed by atoms with E-state index in [1.165, 1.54) is 18.2 Å². The second kappa shape index (κ2) is 5.62. The minimum absolute atomic E-state index is 0.108. The quantitative estimate of drug-likeness (QED) is 0.542. The number of aromatic amines is 1. The molecule has 0 aliphatic heterocycles. The Kier molecular flexibility index (Phi) is 3.87. The molecule has 0 saturated carbocycles. The van der Waals surface area contributed by atoms with Crippen LogP contribution in [-0.4, -0.2) is 34.8 Å². The fourth-order valence-electron chi connectivity index (χ4n) is 2.88. The number of aliphatic hydroxyl groups excluding tert-OH is 1. The van der Waals surface area contributed by atoms with Gasteiger partial charge in [-0.3, -0.25) is 4.55 Å². The van der Waals surface area contributed by atoms with Crippen LogP contribution in [0.15, 0.2) is 53.4 Å². The molecule has 6 nitrogen and oxygen atoms in total. The first-order valence-electron chi connectivity index (χ1n) is 7.26. The summed E-state index contributed by atoms with van der Waals surface area (Å²) in [5, 5.41) is 20.3. The summed E-state index contributed by atoms with van der Waals surface area (Å²) in [5.41, 5.74) is 0.514. The largest absolute Gasteiger partial charge is 0.508 e. The third kappa shape index (κ3) is 2.66. The molecule has 1 aromatic heterocycles. The van der Waals surface area contributed by atoms with E-state index in [2.05, 4.69) is 4.98 Å². The van der Waals surface area contributed by atoms with Crippen molar-refractivity contribution in [3.63, 3.8) is 0 Å². The van der Waals surface area contributed by atoms with Crippen LogP contribution in [0.4, 0.5) is 0 Å². The number of phenolic OH excluding ortho intramolecular Hbond substituents is 1. The molecular formula is C17H17NO5S. The molecule has 3 rings (SSSR count). The number of aromatic nitrogens is 1. The molecule has 3 aromatic rings. The Labute approximate surface area is 139 Å². The summed E-state index contributed by atoms with van der Waals surface area (Å²) in [4.78, 5) is 2.90. The highest BCUT2D eigenvalue weighted by molar-refractivity contribution is 7.85. The van der Waals surface area contributed by atoms with Crippen LogP contribution >= 0.6 is 0 Å². The lowest BCUT2D eigenvalue weighted by atomic mass is 9.80. The fourth-order valence-corrected chi connectivity index (χ4v) is 3.70. The SMILES string of the molecule is CC(CO)(c1cc2cc(O)ccc2[nH]1)c1ccccc1S(=O)(=O)O. The monoisotopic (exact) mass is 347 g/mol. The predicted molar refractivity (Wildman–Crippen MR) is 89.8 cm³/mol. The van der Waals surface area contributed by atoms with Gasteiger partial charge in [-0.1, -0.05) is 18.2 Å². The summed E-state index contributed by atoms with van der Waals surface area (Å²) < 4.78 is 32.9. The lowest BCUT2D eigenvalue weighted by molar-refractivity contribution is 0.227. The van der Waals surface area contributed by atoms with Crippen molar-refractivity contribution in [1.82, 2.24) is 4.98 Å². The van der Waals surface area contributed by atoms with Crippen molar-refractivity contribution < 1.29 is 23.2 Å². The van der Waals surface area contributed by atoms with E-state index < -0.39 is 15.5 Å². The van der Waals surface area contributed by atoms with Crippen LogP contribution in [0.5, 0.6) is 5.75 Å². The van der Waals surface area contributed by atoms with Crippen LogP contribution in [0, 0.1) is 0 Å². The number of phenols is 1. The van der Waals surface area contributed by atoms with E-state index in [1.54, 1.807) is 37.3 Å². The topological polar surface area (TPSA) is 111 Å². The Balaban J connectivity index is 2.26. The standard InChI is InChI=1S/C17H17NO5S/c1-17(10-19,13-4-2-3-5-15(13)24(21,22)23)16-9-11-8-12(20)6-7-14(11)18-16/h2-9,18-20H,10H2,1H3,(H,21,22,23). The van der Waals surface area contributed by atoms with Gasteiger partial charge in [0.05, 0.1) is 16.9 Å². The van der Waals surface area contributed by atoms with Gasteiger partial charge in [0.2, 0.25) is 0 Å². The highest BCUT2D eigenvalue weighted by atomic mass is 32.2. The summed E-state index contributed by atoms with van der Waals surface area (Å²) in [6.07, 6.45) is 0. The minimum Gasteiger partial charge on any atom is -0.508 e. The number of benzene rings is 2. The molecule has 0 fully saturated rings. The van der Waals surface area contributed by atoms with Gasteiger partial charge in [-0.2, -0.15) is 8.42 Å². The Morgan fingerprint density at radius 1 is 1.12 bits per heavy atom. The average molecular weight is 347 g/mol. The van der Waals surface area contributed by atoms with Gasteiger partial charge in [-0.25, -0.2) is 0 Å². The Morgan fingerprint density at radius 3 is 2.50 bits per heavy atom. The van der Waals surface area contributed by atoms with E-state index in [9.17, 15) is 23.2 Å². The summed E-state index contributed by atoms with van der Waals surface area (Å²) in [7, 11) is -4.44. The van der Waals surface area contributed by atoms with E-state index in [1.807, 2.05) is 0 Å². The molecule has 2 aromatic carbocycles. The van der Waals surface area contributed by atoms with Crippen molar-refractivity contribution in [2.45, 2.75) is 17.2 Å². The van der Waals surface area contributed by atoms with Crippen molar-refractivity contribution in [2.24, 2.45) is 0 Å². The molecule has 7 heteroatoms. The fraction of sp³-hybridized carbons (Fsp3) is 0.176. The summed E-state index contributed by atoms with van der Waals surface area (Å²) >= 11 is 0. The second-order valence-corrected chi connectivity index (χ2v) is 7.31. The van der Waals surface area contributed by atoms with Gasteiger partial charge in [0.1, 0.15) is 5.75 Å². The summed E-state index contributed by atoms with van der Waals surface area (Å²) in [5.74, 6) is 0.108. The maximum atomic E-state index is 11.7. The minimum atomic E-state index is -4.44. The number of fused-ring (bicyclic) bond motifs is 1. The molecule has 0 saturated heterocycles. The average Bonchev–Trinajstić information content (AvgIpc) is 2.97. The lowest BCUT2D eigenvalue weighted by Gasteiger charge is -2.28. The smallest absolute Gasteiger partial charge is 0.294 e. The molecule has 0 bridgehead atoms. The maximum Gasteiger partial charge on any atom is 0.294 e. The van der Waals surface area contributed by atoms with Crippen molar-refractivity contribution in [1.29, 1.82) is 0 Å². The van der Waals surface area contributed by atoms with Crippen LogP contribution in [0.25, 0.3) is 10.9 Å². The van der Waals surface area contributed by atoms with Gasteiger partial charge in [0.25, 0.3) is 10.1 Å². The van der Waals surface area contributed by atoms with Gasteiger partial charge < -0.3 is 15.2 Å². The van der Waals surface area contributed by atoms with Gasteiger partial charge in [-0.15, -0.1) is 0 Å². The van der Waals surface area contributed by atoms with Gasteiger partial charge in [-0.05, 0) is 42.8 Å². The van der Waals surface area contributed by atoms with E-state index >= 15 is 0 Å². The van der Waals surface area contributed by atoms with E-state index in [4.69, 9.17) is 0 Å². The van der Waals surface area contributed by atoms with Crippen LogP contribution in [0.2, 0.25) is 0 Å². The number of hydrogen-bond donors (Lipinski definition) is 4. The van der Waals surface area contributed by atoms with Crippen molar-refractivity contribution >= 4 is 21.0 Å². The number of hydrogen-bond acceptors (Lipinski definition) is 4. The maximum absolute atomic E-state index is 11.7. The van der Waals surface area contributed by atoms with Crippen LogP contribution in [0.1, 0.15) is 18.2 Å². The van der Waals surface area contributed by atoms with E-state index in [-0.39, 0.29) is 22.8 Å². The molecule has 1 atom stereocenters. The van der Waals surface area contributed by atoms with Crippen LogP contribution < -0.4 is 0 Å². The highest BCUT2D eigenvalue weighted by Gasteiger charge is 2.34. The Bertz CT molecular complexity index is 1010. The molecule has 0 radical (unpaired) electrons. The Hall–Kier alpha value is -2.35. The van der Waals surface area contributed by atoms with Gasteiger partial charge >= 0.3 is 0 Å². The Morgan fingerprint density at radius 2 is 1.83 bits per heavy atom. The molecule has 0 aliphatic carbocycles. The molecule has 0 amide bonds. The van der Waals surface area contributed by atoms with Crippen LogP contribution in [0.3, 0.4) is 0 Å². The first-order chi connectivity index (χ1) is 11.3. The molecule has 24 heavy (non-hydrogen) atoms. The molecule has 0 spiro atoms. The molecule has 126 valence electrons. The van der Waals surface area contributed by atoms with Gasteiger partial charge in [0.15, 0.2) is 0 Å². The number of rotatable bonds is 4. The molecular weight excluding hydrogens is 330 g/mol. The van der Waals surface area contributed by atoms with E-state index in [0.717, 1.165) is 10.9 Å². The van der Waals surface area contributed by atoms with Crippen molar-refractivity contribution in [3.05, 3.63) is 59.8 Å². The third-order valence-electron chi connectivity index (χ3n) is 4.27. The lowest BCUT2D eigenvalue weighted by Crippen LogP contribution is -2.30. The van der Waals surface area contributed by atoms with Crippen molar-refractivity contribution in [2.75, 3.05) is 6.61 Å². The molecule has 1 heterocycles. The first kappa shape index (κ1) is 16.5. The van der Waals surface area contributed by atoms with Crippen LogP contribution in [-0.2, 0) is 15.5 Å². The zero-order valence-corrected chi connectivity index (χ0v) is 13.7. The van der Waals surface area contributed by atoms with Gasteiger partial charge in [0, 0.05) is 16.6 Å². The number of nitrogens with one attached hydrogen (secondary N) is 1. The zero-order valence-electron chi connectivity index (χ0n) is 12.9. The normalized spacial score (nSPS) is 14.6. The number of aromatic hydroxyl groups is 1. The zero-order chi connectivity index (χ0) is 17.5. The molecule has 0 aliphatic rings. The third-order valence-corrected chi connectivity index (χ3v) is 5.19. The molecule has 4 N–H and O–H groups in total. The second-order valence-electron chi connectivity index (χ2n) is 5.92. The van der Waals surface area contributed by atoms with E-state index in [0.29, 0.717) is 5.69 Å². The first-order valence-corrected chi connectivity index (χ1v) is 8.70. The highest BCUT2D eigenvalue weighted by Crippen LogP contribution is 2.37. The summed E-state index contributed by atoms with van der Waals surface area (Å²) in [6.45, 7) is 1.31. The predicted octanol–water partition coefficient (Wildman–Crippen LogP) is 2.42. The number of H-pyrrole nitrogens is 1. The molecule has 1 unspecified atom stereocenters. The van der Waals surface area contributed by atoms with Crippen molar-refractivity contribution in [3.8, 4) is 5.75 Å².